The SMILES string of the molecule is CC(C)c1ccc(CN(Cc2ccco2)S(=O)(=O)c2ccc(S(=O)(=O)N(C)Cc3ccccc3)cc2)cc1. The number of hydrogen-bond acceptors (Lipinski definition) is 5. The summed E-state index contributed by atoms with van der Waals surface area (Å²) in [7, 11) is -6.28. The Bertz CT molecular complexity index is 1530. The van der Waals surface area contributed by atoms with Gasteiger partial charge < -0.3 is 4.42 Å². The first-order valence-electron chi connectivity index (χ1n) is 12.3. The zero-order valence-electron chi connectivity index (χ0n) is 21.7. The second-order valence-corrected chi connectivity index (χ2v) is 13.4. The van der Waals surface area contributed by atoms with Gasteiger partial charge in [-0.3, -0.25) is 0 Å². The highest BCUT2D eigenvalue weighted by Crippen LogP contribution is 2.25. The molecule has 0 saturated heterocycles. The van der Waals surface area contributed by atoms with Crippen LogP contribution in [0, 0.1) is 0 Å². The van der Waals surface area contributed by atoms with Crippen molar-refractivity contribution in [3.8, 4) is 0 Å². The Hall–Kier alpha value is -3.24. The normalized spacial score (nSPS) is 12.5. The molecular weight excluding hydrogens is 520 g/mol. The predicted octanol–water partition coefficient (Wildman–Crippen LogP) is 5.61. The van der Waals surface area contributed by atoms with Crippen molar-refractivity contribution in [2.24, 2.45) is 0 Å². The van der Waals surface area contributed by atoms with E-state index < -0.39 is 20.0 Å². The summed E-state index contributed by atoms with van der Waals surface area (Å²) in [5.41, 5.74) is 2.86. The van der Waals surface area contributed by atoms with E-state index in [0.717, 1.165) is 11.1 Å². The highest BCUT2D eigenvalue weighted by atomic mass is 32.2. The molecule has 0 unspecified atom stereocenters. The second kappa shape index (κ2) is 11.7. The summed E-state index contributed by atoms with van der Waals surface area (Å²) in [5.74, 6) is 0.877. The predicted molar refractivity (Wildman–Crippen MR) is 147 cm³/mol. The van der Waals surface area contributed by atoms with E-state index in [0.29, 0.717) is 11.7 Å². The fourth-order valence-corrected chi connectivity index (χ4v) is 6.61. The first kappa shape index (κ1) is 27.8. The zero-order valence-corrected chi connectivity index (χ0v) is 23.3. The quantitative estimate of drug-likeness (QED) is 0.241. The summed E-state index contributed by atoms with van der Waals surface area (Å²) in [6, 6.07) is 25.9. The molecular formula is C29H32N2O5S2. The van der Waals surface area contributed by atoms with Crippen LogP contribution in [0.15, 0.2) is 111 Å². The Morgan fingerprint density at radius 1 is 0.658 bits per heavy atom. The van der Waals surface area contributed by atoms with Crippen LogP contribution in [-0.2, 0) is 39.7 Å². The van der Waals surface area contributed by atoms with Gasteiger partial charge in [0.15, 0.2) is 0 Å². The van der Waals surface area contributed by atoms with Crippen molar-refractivity contribution in [1.82, 2.24) is 8.61 Å². The lowest BCUT2D eigenvalue weighted by Gasteiger charge is -2.22. The summed E-state index contributed by atoms with van der Waals surface area (Å²) in [6.07, 6.45) is 1.50. The van der Waals surface area contributed by atoms with Gasteiger partial charge in [0, 0.05) is 20.1 Å². The summed E-state index contributed by atoms with van der Waals surface area (Å²) < 4.78 is 61.6. The number of sulfonamides is 2. The van der Waals surface area contributed by atoms with Gasteiger partial charge in [0.25, 0.3) is 0 Å². The van der Waals surface area contributed by atoms with Gasteiger partial charge in [0.2, 0.25) is 20.0 Å². The molecule has 1 aromatic heterocycles. The number of furan rings is 1. The van der Waals surface area contributed by atoms with Crippen molar-refractivity contribution >= 4 is 20.0 Å². The van der Waals surface area contributed by atoms with Gasteiger partial charge in [-0.25, -0.2) is 16.8 Å². The molecule has 0 fully saturated rings. The number of nitrogens with zero attached hydrogens (tertiary/aromatic N) is 2. The van der Waals surface area contributed by atoms with Crippen LogP contribution in [0.5, 0.6) is 0 Å². The monoisotopic (exact) mass is 552 g/mol. The third-order valence-corrected chi connectivity index (χ3v) is 9.96. The largest absolute Gasteiger partial charge is 0.468 e. The Labute approximate surface area is 225 Å². The Morgan fingerprint density at radius 3 is 1.79 bits per heavy atom. The van der Waals surface area contributed by atoms with E-state index >= 15 is 0 Å². The Balaban J connectivity index is 1.58. The summed E-state index contributed by atoms with van der Waals surface area (Å²) in [4.78, 5) is 0.0317. The van der Waals surface area contributed by atoms with Gasteiger partial charge >= 0.3 is 0 Å². The highest BCUT2D eigenvalue weighted by molar-refractivity contribution is 7.89. The molecule has 0 aliphatic heterocycles. The average Bonchev–Trinajstić information content (AvgIpc) is 3.42. The molecule has 0 amide bonds. The van der Waals surface area contributed by atoms with Crippen LogP contribution < -0.4 is 0 Å². The number of rotatable bonds is 11. The Kier molecular flexibility index (Phi) is 8.52. The number of benzene rings is 3. The van der Waals surface area contributed by atoms with Gasteiger partial charge in [-0.15, -0.1) is 0 Å². The van der Waals surface area contributed by atoms with E-state index in [4.69, 9.17) is 4.42 Å². The molecule has 0 N–H and O–H groups in total. The fourth-order valence-electron chi connectivity index (χ4n) is 4.05. The summed E-state index contributed by atoms with van der Waals surface area (Å²) in [6.45, 7) is 4.59. The van der Waals surface area contributed by atoms with Gasteiger partial charge in [0.05, 0.1) is 22.6 Å². The van der Waals surface area contributed by atoms with Crippen molar-refractivity contribution in [1.29, 1.82) is 0 Å². The molecule has 0 aliphatic rings. The minimum absolute atomic E-state index is 0.00696. The van der Waals surface area contributed by atoms with Crippen molar-refractivity contribution in [3.63, 3.8) is 0 Å². The third-order valence-electron chi connectivity index (χ3n) is 6.34. The molecule has 7 nitrogen and oxygen atoms in total. The molecule has 4 rings (SSSR count). The molecule has 0 radical (unpaired) electrons. The van der Waals surface area contributed by atoms with Crippen molar-refractivity contribution in [3.05, 3.63) is 120 Å². The Morgan fingerprint density at radius 2 is 1.24 bits per heavy atom. The molecule has 0 spiro atoms. The van der Waals surface area contributed by atoms with Crippen molar-refractivity contribution in [2.75, 3.05) is 7.05 Å². The van der Waals surface area contributed by atoms with Crippen LogP contribution in [0.4, 0.5) is 0 Å². The standard InChI is InChI=1S/C29H32N2O5S2/c1-23(2)26-13-11-25(12-14-26)21-31(22-27-10-7-19-36-27)38(34,35)29-17-15-28(16-18-29)37(32,33)30(3)20-24-8-5-4-6-9-24/h4-19,23H,20-22H2,1-3H3. The van der Waals surface area contributed by atoms with E-state index in [1.807, 2.05) is 54.6 Å². The van der Waals surface area contributed by atoms with Crippen LogP contribution in [-0.4, -0.2) is 32.5 Å². The maximum Gasteiger partial charge on any atom is 0.243 e. The van der Waals surface area contributed by atoms with Crippen LogP contribution in [0.2, 0.25) is 0 Å². The third kappa shape index (κ3) is 6.42. The molecule has 1 heterocycles. The molecule has 0 atom stereocenters. The number of hydrogen-bond donors (Lipinski definition) is 0. The highest BCUT2D eigenvalue weighted by Gasteiger charge is 2.27. The second-order valence-electron chi connectivity index (χ2n) is 9.47. The zero-order chi connectivity index (χ0) is 27.3. The molecule has 3 aromatic carbocycles. The molecule has 4 aromatic rings. The minimum atomic E-state index is -3.97. The fraction of sp³-hybridized carbons (Fsp3) is 0.241. The van der Waals surface area contributed by atoms with Crippen LogP contribution in [0.3, 0.4) is 0 Å². The maximum atomic E-state index is 13.7. The van der Waals surface area contributed by atoms with E-state index in [1.54, 1.807) is 12.1 Å². The topological polar surface area (TPSA) is 87.9 Å². The molecule has 0 saturated carbocycles. The van der Waals surface area contributed by atoms with Crippen LogP contribution in [0.25, 0.3) is 0 Å². The molecule has 200 valence electrons. The van der Waals surface area contributed by atoms with E-state index in [-0.39, 0.29) is 29.4 Å². The van der Waals surface area contributed by atoms with E-state index in [1.165, 1.54) is 51.8 Å². The van der Waals surface area contributed by atoms with E-state index in [2.05, 4.69) is 13.8 Å². The lowest BCUT2D eigenvalue weighted by Crippen LogP contribution is -2.30. The van der Waals surface area contributed by atoms with E-state index in [9.17, 15) is 16.8 Å². The molecule has 0 bridgehead atoms. The first-order chi connectivity index (χ1) is 18.1. The van der Waals surface area contributed by atoms with Crippen LogP contribution in [0.1, 0.15) is 42.2 Å². The smallest absolute Gasteiger partial charge is 0.243 e. The summed E-state index contributed by atoms with van der Waals surface area (Å²) in [5, 5.41) is 0. The molecule has 9 heteroatoms. The average molecular weight is 553 g/mol. The first-order valence-corrected chi connectivity index (χ1v) is 15.2. The van der Waals surface area contributed by atoms with Gasteiger partial charge in [-0.1, -0.05) is 68.4 Å². The van der Waals surface area contributed by atoms with Gasteiger partial charge in [0.1, 0.15) is 5.76 Å². The lowest BCUT2D eigenvalue weighted by molar-refractivity contribution is 0.358. The lowest BCUT2D eigenvalue weighted by atomic mass is 10.0. The van der Waals surface area contributed by atoms with Gasteiger partial charge in [-0.2, -0.15) is 8.61 Å². The van der Waals surface area contributed by atoms with Gasteiger partial charge in [-0.05, 0) is 59.0 Å². The van der Waals surface area contributed by atoms with Crippen molar-refractivity contribution in [2.45, 2.75) is 49.2 Å². The molecule has 38 heavy (non-hydrogen) atoms. The summed E-state index contributed by atoms with van der Waals surface area (Å²) >= 11 is 0. The molecule has 0 aliphatic carbocycles. The minimum Gasteiger partial charge on any atom is -0.468 e. The van der Waals surface area contributed by atoms with Crippen LogP contribution >= 0.6 is 0 Å². The maximum absolute atomic E-state index is 13.7. The van der Waals surface area contributed by atoms with Crippen molar-refractivity contribution < 1.29 is 21.3 Å².